The van der Waals surface area contributed by atoms with Gasteiger partial charge in [0.25, 0.3) is 0 Å². The minimum Gasteiger partial charge on any atom is -0.491 e. The molecule has 118 valence electrons. The van der Waals surface area contributed by atoms with E-state index < -0.39 is 7.27 Å². The number of ether oxygens (including phenoxy) is 2. The molecule has 0 spiro atoms. The zero-order valence-corrected chi connectivity index (χ0v) is 15.1. The summed E-state index contributed by atoms with van der Waals surface area (Å²) in [5, 5.41) is 2.16. The van der Waals surface area contributed by atoms with E-state index in [2.05, 4.69) is 0 Å². The van der Waals surface area contributed by atoms with Crippen LogP contribution in [-0.2, 0) is 0 Å². The van der Waals surface area contributed by atoms with Gasteiger partial charge in [-0.05, 0) is 62.6 Å². The first-order chi connectivity index (χ1) is 10.5. The molecule has 2 aromatic rings. The van der Waals surface area contributed by atoms with Gasteiger partial charge >= 0.3 is 0 Å². The van der Waals surface area contributed by atoms with Gasteiger partial charge in [-0.25, -0.2) is 0 Å². The lowest BCUT2D eigenvalue weighted by Crippen LogP contribution is -2.12. The maximum absolute atomic E-state index is 6.70. The Morgan fingerprint density at radius 2 is 1.18 bits per heavy atom. The third-order valence-electron chi connectivity index (χ3n) is 2.83. The van der Waals surface area contributed by atoms with E-state index in [1.807, 2.05) is 76.2 Å². The van der Waals surface area contributed by atoms with Crippen molar-refractivity contribution in [1.29, 1.82) is 0 Å². The van der Waals surface area contributed by atoms with E-state index in [0.717, 1.165) is 22.1 Å². The van der Waals surface area contributed by atoms with Crippen LogP contribution in [0.2, 0.25) is 0 Å². The summed E-state index contributed by atoms with van der Waals surface area (Å²) < 4.78 is 11.5. The van der Waals surface area contributed by atoms with E-state index in [4.69, 9.17) is 20.7 Å². The Morgan fingerprint density at radius 1 is 0.773 bits per heavy atom. The van der Waals surface area contributed by atoms with Crippen LogP contribution in [0.5, 0.6) is 11.5 Å². The topological polar surface area (TPSA) is 18.5 Å². The Kier molecular flexibility index (Phi) is 6.11. The molecular weight excluding hydrogens is 315 g/mol. The lowest BCUT2D eigenvalue weighted by Gasteiger charge is -2.15. The second-order valence-corrected chi connectivity index (χ2v) is 8.22. The molecule has 4 heteroatoms. The standard InChI is InChI=1S/C18H22ClO2P/c1-13(2)20-15-7-5-9-17(11-15)22(19)18-10-6-8-16(12-18)21-14(3)4/h5-14H,1-4H3. The molecule has 0 saturated heterocycles. The third-order valence-corrected chi connectivity index (χ3v) is 5.47. The monoisotopic (exact) mass is 336 g/mol. The summed E-state index contributed by atoms with van der Waals surface area (Å²) in [7, 11) is -0.941. The zero-order valence-electron chi connectivity index (χ0n) is 13.4. The highest BCUT2D eigenvalue weighted by molar-refractivity contribution is 7.95. The molecule has 0 aliphatic heterocycles. The summed E-state index contributed by atoms with van der Waals surface area (Å²) in [4.78, 5) is 0. The Bertz CT molecular complexity index is 560. The summed E-state index contributed by atoms with van der Waals surface area (Å²) >= 11 is 6.70. The summed E-state index contributed by atoms with van der Waals surface area (Å²) in [5.74, 6) is 1.71. The van der Waals surface area contributed by atoms with Gasteiger partial charge in [-0.2, -0.15) is 0 Å². The van der Waals surface area contributed by atoms with Gasteiger partial charge < -0.3 is 9.47 Å². The molecule has 2 nitrogen and oxygen atoms in total. The predicted molar refractivity (Wildman–Crippen MR) is 96.5 cm³/mol. The first-order valence-corrected chi connectivity index (χ1v) is 9.69. The molecule has 22 heavy (non-hydrogen) atoms. The molecule has 2 aromatic carbocycles. The molecule has 0 unspecified atom stereocenters. The van der Waals surface area contributed by atoms with Crippen molar-refractivity contribution in [2.45, 2.75) is 39.9 Å². The van der Waals surface area contributed by atoms with E-state index in [9.17, 15) is 0 Å². The Hall–Kier alpha value is -1.24. The minimum absolute atomic E-state index is 0.152. The summed E-state index contributed by atoms with van der Waals surface area (Å²) in [6.07, 6.45) is 0.305. The van der Waals surface area contributed by atoms with Gasteiger partial charge in [0.15, 0.2) is 0 Å². The smallest absolute Gasteiger partial charge is 0.120 e. The van der Waals surface area contributed by atoms with Crippen LogP contribution >= 0.6 is 18.5 Å². The van der Waals surface area contributed by atoms with Crippen LogP contribution in [0.4, 0.5) is 0 Å². The highest BCUT2D eigenvalue weighted by Crippen LogP contribution is 2.40. The van der Waals surface area contributed by atoms with Crippen molar-refractivity contribution in [3.63, 3.8) is 0 Å². The fraction of sp³-hybridized carbons (Fsp3) is 0.333. The Morgan fingerprint density at radius 3 is 1.55 bits per heavy atom. The van der Waals surface area contributed by atoms with Crippen molar-refractivity contribution >= 4 is 29.1 Å². The van der Waals surface area contributed by atoms with Gasteiger partial charge in [-0.3, -0.25) is 0 Å². The van der Waals surface area contributed by atoms with Crippen LogP contribution in [0.15, 0.2) is 48.5 Å². The molecule has 0 aromatic heterocycles. The second-order valence-electron chi connectivity index (χ2n) is 5.61. The van der Waals surface area contributed by atoms with Crippen molar-refractivity contribution in [2.24, 2.45) is 0 Å². The van der Waals surface area contributed by atoms with Gasteiger partial charge in [0.05, 0.1) is 19.5 Å². The normalized spacial score (nSPS) is 11.3. The van der Waals surface area contributed by atoms with E-state index in [0.29, 0.717) is 0 Å². The van der Waals surface area contributed by atoms with Crippen LogP contribution in [0.1, 0.15) is 27.7 Å². The van der Waals surface area contributed by atoms with Gasteiger partial charge in [0, 0.05) is 0 Å². The van der Waals surface area contributed by atoms with Crippen molar-refractivity contribution in [3.8, 4) is 11.5 Å². The molecule has 2 rings (SSSR count). The van der Waals surface area contributed by atoms with Crippen LogP contribution in [0, 0.1) is 0 Å². The molecule has 0 N–H and O–H groups in total. The van der Waals surface area contributed by atoms with E-state index in [1.165, 1.54) is 0 Å². The SMILES string of the molecule is CC(C)Oc1cccc(P(Cl)c2cccc(OC(C)C)c2)c1. The van der Waals surface area contributed by atoms with E-state index in [-0.39, 0.29) is 12.2 Å². The van der Waals surface area contributed by atoms with Crippen LogP contribution < -0.4 is 20.1 Å². The summed E-state index contributed by atoms with van der Waals surface area (Å²) in [6.45, 7) is 8.07. The largest absolute Gasteiger partial charge is 0.491 e. The fourth-order valence-electron chi connectivity index (χ4n) is 2.05. The third kappa shape index (κ3) is 4.90. The van der Waals surface area contributed by atoms with E-state index >= 15 is 0 Å². The van der Waals surface area contributed by atoms with Crippen LogP contribution in [0.25, 0.3) is 0 Å². The zero-order chi connectivity index (χ0) is 16.1. The van der Waals surface area contributed by atoms with E-state index in [1.54, 1.807) is 0 Å². The summed E-state index contributed by atoms with van der Waals surface area (Å²) in [5.41, 5.74) is 0. The first kappa shape index (κ1) is 17.1. The molecule has 0 heterocycles. The molecule has 0 saturated carbocycles. The number of halogens is 1. The molecule has 0 radical (unpaired) electrons. The van der Waals surface area contributed by atoms with Crippen LogP contribution in [-0.4, -0.2) is 12.2 Å². The van der Waals surface area contributed by atoms with Crippen molar-refractivity contribution < 1.29 is 9.47 Å². The molecule has 0 aliphatic carbocycles. The van der Waals surface area contributed by atoms with Gasteiger partial charge in [0.1, 0.15) is 11.5 Å². The lowest BCUT2D eigenvalue weighted by molar-refractivity contribution is 0.242. The number of hydrogen-bond donors (Lipinski definition) is 0. The van der Waals surface area contributed by atoms with Crippen molar-refractivity contribution in [2.75, 3.05) is 0 Å². The van der Waals surface area contributed by atoms with Gasteiger partial charge in [-0.15, -0.1) is 0 Å². The number of benzene rings is 2. The highest BCUT2D eigenvalue weighted by atomic mass is 35.7. The van der Waals surface area contributed by atoms with Crippen molar-refractivity contribution in [1.82, 2.24) is 0 Å². The maximum atomic E-state index is 6.70. The number of hydrogen-bond acceptors (Lipinski definition) is 2. The van der Waals surface area contributed by atoms with Crippen LogP contribution in [0.3, 0.4) is 0 Å². The lowest BCUT2D eigenvalue weighted by atomic mass is 10.3. The fourth-order valence-corrected chi connectivity index (χ4v) is 3.90. The molecule has 0 atom stereocenters. The van der Waals surface area contributed by atoms with Gasteiger partial charge in [-0.1, -0.05) is 35.5 Å². The second kappa shape index (κ2) is 7.85. The maximum Gasteiger partial charge on any atom is 0.120 e. The minimum atomic E-state index is -0.941. The Labute approximate surface area is 139 Å². The Balaban J connectivity index is 2.22. The average molecular weight is 337 g/mol. The molecular formula is C18H22ClO2P. The quantitative estimate of drug-likeness (QED) is 0.702. The van der Waals surface area contributed by atoms with Gasteiger partial charge in [0.2, 0.25) is 0 Å². The average Bonchev–Trinajstić information content (AvgIpc) is 2.45. The molecule has 0 fully saturated rings. The first-order valence-electron chi connectivity index (χ1n) is 7.45. The number of rotatable bonds is 6. The summed E-state index contributed by atoms with van der Waals surface area (Å²) in [6, 6.07) is 16.0. The molecule has 0 amide bonds. The molecule has 0 bridgehead atoms. The molecule has 0 aliphatic rings. The predicted octanol–water partition coefficient (Wildman–Crippen LogP) is 4.85. The van der Waals surface area contributed by atoms with Crippen molar-refractivity contribution in [3.05, 3.63) is 48.5 Å². The highest BCUT2D eigenvalue weighted by Gasteiger charge is 2.13.